The predicted octanol–water partition coefficient (Wildman–Crippen LogP) is -0.713. The molecule has 2 rings (SSSR count). The van der Waals surface area contributed by atoms with Crippen LogP contribution in [0.15, 0.2) is 17.5 Å². The fourth-order valence-corrected chi connectivity index (χ4v) is 2.74. The van der Waals surface area contributed by atoms with Crippen LogP contribution in [0.4, 0.5) is 0 Å². The van der Waals surface area contributed by atoms with Crippen LogP contribution >= 0.6 is 11.3 Å². The van der Waals surface area contributed by atoms with Crippen LogP contribution in [-0.4, -0.2) is 73.9 Å². The molecule has 22 heavy (non-hydrogen) atoms. The van der Waals surface area contributed by atoms with Gasteiger partial charge in [-0.3, -0.25) is 14.5 Å². The molecule has 122 valence electrons. The fourth-order valence-electron chi connectivity index (χ4n) is 2.12. The van der Waals surface area contributed by atoms with Crippen LogP contribution < -0.4 is 10.6 Å². The molecule has 1 aliphatic heterocycles. The molecule has 0 aromatic carbocycles. The second-order valence-electron chi connectivity index (χ2n) is 4.93. The van der Waals surface area contributed by atoms with Gasteiger partial charge in [-0.2, -0.15) is 0 Å². The number of thiophene rings is 1. The normalized spacial score (nSPS) is 17.0. The van der Waals surface area contributed by atoms with Crippen molar-refractivity contribution in [2.75, 3.05) is 46.0 Å². The summed E-state index contributed by atoms with van der Waals surface area (Å²) < 4.78 is 5.25. The number of rotatable bonds is 7. The van der Waals surface area contributed by atoms with Crippen LogP contribution in [-0.2, 0) is 9.53 Å². The smallest absolute Gasteiger partial charge is 0.262 e. The van der Waals surface area contributed by atoms with E-state index in [4.69, 9.17) is 4.74 Å². The van der Waals surface area contributed by atoms with Crippen LogP contribution in [0.1, 0.15) is 9.67 Å². The van der Waals surface area contributed by atoms with Crippen LogP contribution in [0.5, 0.6) is 0 Å². The van der Waals surface area contributed by atoms with Crippen LogP contribution in [0, 0.1) is 0 Å². The maximum absolute atomic E-state index is 12.0. The highest BCUT2D eigenvalue weighted by Crippen LogP contribution is 2.08. The Kier molecular flexibility index (Phi) is 6.78. The zero-order valence-electron chi connectivity index (χ0n) is 12.3. The third kappa shape index (κ3) is 5.06. The lowest BCUT2D eigenvalue weighted by atomic mass is 10.2. The van der Waals surface area contributed by atoms with Crippen molar-refractivity contribution >= 4 is 23.2 Å². The number of aliphatic hydroxyl groups excluding tert-OH is 1. The zero-order chi connectivity index (χ0) is 15.8. The average Bonchev–Trinajstić information content (AvgIpc) is 3.08. The summed E-state index contributed by atoms with van der Waals surface area (Å²) in [6.45, 7) is 3.91. The molecule has 1 fully saturated rings. The Morgan fingerprint density at radius 3 is 2.82 bits per heavy atom. The topological polar surface area (TPSA) is 90.9 Å². The van der Waals surface area contributed by atoms with E-state index >= 15 is 0 Å². The van der Waals surface area contributed by atoms with Gasteiger partial charge in [0.1, 0.15) is 6.04 Å². The zero-order valence-corrected chi connectivity index (χ0v) is 13.1. The van der Waals surface area contributed by atoms with Gasteiger partial charge in [0.15, 0.2) is 0 Å². The van der Waals surface area contributed by atoms with Crippen molar-refractivity contribution in [1.82, 2.24) is 15.5 Å². The highest BCUT2D eigenvalue weighted by molar-refractivity contribution is 7.12. The first-order chi connectivity index (χ1) is 10.7. The van der Waals surface area contributed by atoms with E-state index in [0.717, 1.165) is 19.6 Å². The van der Waals surface area contributed by atoms with Gasteiger partial charge < -0.3 is 20.5 Å². The van der Waals surface area contributed by atoms with Gasteiger partial charge in [0.2, 0.25) is 5.91 Å². The minimum atomic E-state index is -0.931. The molecule has 2 heterocycles. The first-order valence-electron chi connectivity index (χ1n) is 7.23. The van der Waals surface area contributed by atoms with Crippen LogP contribution in [0.25, 0.3) is 0 Å². The molecule has 1 aliphatic rings. The van der Waals surface area contributed by atoms with Gasteiger partial charge in [-0.15, -0.1) is 11.3 Å². The molecule has 0 saturated carbocycles. The molecule has 0 unspecified atom stereocenters. The lowest BCUT2D eigenvalue weighted by molar-refractivity contribution is -0.123. The highest BCUT2D eigenvalue weighted by atomic mass is 32.1. The second kappa shape index (κ2) is 8.84. The number of carbonyl (C=O) groups is 2. The lowest BCUT2D eigenvalue weighted by Crippen LogP contribution is -2.50. The molecular formula is C14H21N3O4S. The van der Waals surface area contributed by atoms with Crippen molar-refractivity contribution in [3.63, 3.8) is 0 Å². The van der Waals surface area contributed by atoms with E-state index in [1.54, 1.807) is 17.5 Å². The number of carbonyl (C=O) groups excluding carboxylic acids is 2. The predicted molar refractivity (Wildman–Crippen MR) is 82.9 cm³/mol. The first kappa shape index (κ1) is 16.9. The van der Waals surface area contributed by atoms with Crippen LogP contribution in [0.2, 0.25) is 0 Å². The number of amides is 2. The van der Waals surface area contributed by atoms with Gasteiger partial charge in [0, 0.05) is 26.2 Å². The van der Waals surface area contributed by atoms with E-state index in [2.05, 4.69) is 15.5 Å². The van der Waals surface area contributed by atoms with Gasteiger partial charge in [-0.25, -0.2) is 0 Å². The monoisotopic (exact) mass is 327 g/mol. The number of nitrogens with one attached hydrogen (secondary N) is 2. The Bertz CT molecular complexity index is 474. The van der Waals surface area contributed by atoms with E-state index in [9.17, 15) is 14.7 Å². The molecule has 0 radical (unpaired) electrons. The van der Waals surface area contributed by atoms with Gasteiger partial charge in [0.05, 0.1) is 24.7 Å². The Morgan fingerprint density at radius 2 is 2.18 bits per heavy atom. The summed E-state index contributed by atoms with van der Waals surface area (Å²) in [6.07, 6.45) is 0. The second-order valence-corrected chi connectivity index (χ2v) is 5.88. The van der Waals surface area contributed by atoms with Gasteiger partial charge in [-0.1, -0.05) is 6.07 Å². The Hall–Kier alpha value is -1.48. The Balaban J connectivity index is 1.72. The third-order valence-electron chi connectivity index (χ3n) is 3.38. The van der Waals surface area contributed by atoms with Gasteiger partial charge >= 0.3 is 0 Å². The number of hydrogen-bond donors (Lipinski definition) is 3. The minimum Gasteiger partial charge on any atom is -0.394 e. The van der Waals surface area contributed by atoms with Crippen molar-refractivity contribution in [2.24, 2.45) is 0 Å². The van der Waals surface area contributed by atoms with Crippen LogP contribution in [0.3, 0.4) is 0 Å². The summed E-state index contributed by atoms with van der Waals surface area (Å²) in [6, 6.07) is 2.50. The molecule has 7 nitrogen and oxygen atoms in total. The van der Waals surface area contributed by atoms with E-state index < -0.39 is 12.6 Å². The molecule has 1 atom stereocenters. The van der Waals surface area contributed by atoms with E-state index in [0.29, 0.717) is 24.6 Å². The molecule has 2 amide bonds. The summed E-state index contributed by atoms with van der Waals surface area (Å²) in [5.41, 5.74) is 0. The SMILES string of the molecule is O=C(N[C@@H](CO)C(=O)NCCN1CCOCC1)c1cccs1. The summed E-state index contributed by atoms with van der Waals surface area (Å²) >= 11 is 1.29. The summed E-state index contributed by atoms with van der Waals surface area (Å²) in [7, 11) is 0. The molecule has 0 bridgehead atoms. The molecule has 0 aliphatic carbocycles. The molecule has 8 heteroatoms. The van der Waals surface area contributed by atoms with E-state index in [-0.39, 0.29) is 11.8 Å². The van der Waals surface area contributed by atoms with Gasteiger partial charge in [0.25, 0.3) is 5.91 Å². The van der Waals surface area contributed by atoms with Gasteiger partial charge in [-0.05, 0) is 11.4 Å². The maximum Gasteiger partial charge on any atom is 0.262 e. The lowest BCUT2D eigenvalue weighted by Gasteiger charge is -2.26. The van der Waals surface area contributed by atoms with Crippen molar-refractivity contribution < 1.29 is 19.4 Å². The van der Waals surface area contributed by atoms with Crippen molar-refractivity contribution in [3.05, 3.63) is 22.4 Å². The van der Waals surface area contributed by atoms with Crippen molar-refractivity contribution in [3.8, 4) is 0 Å². The van der Waals surface area contributed by atoms with E-state index in [1.165, 1.54) is 11.3 Å². The average molecular weight is 327 g/mol. The number of nitrogens with zero attached hydrogens (tertiary/aromatic N) is 1. The summed E-state index contributed by atoms with van der Waals surface area (Å²) in [4.78, 5) is 26.6. The molecule has 1 saturated heterocycles. The first-order valence-corrected chi connectivity index (χ1v) is 8.11. The quantitative estimate of drug-likeness (QED) is 0.615. The molecule has 0 spiro atoms. The Labute approximate surface area is 133 Å². The molecular weight excluding hydrogens is 306 g/mol. The number of ether oxygens (including phenoxy) is 1. The number of morpholine rings is 1. The standard InChI is InChI=1S/C14H21N3O4S/c18-10-11(16-14(20)12-2-1-9-22-12)13(19)15-3-4-17-5-7-21-8-6-17/h1-2,9,11,18H,3-8,10H2,(H,15,19)(H,16,20)/t11-/m0/s1. The Morgan fingerprint density at radius 1 is 1.41 bits per heavy atom. The van der Waals surface area contributed by atoms with Crippen molar-refractivity contribution in [2.45, 2.75) is 6.04 Å². The van der Waals surface area contributed by atoms with Crippen molar-refractivity contribution in [1.29, 1.82) is 0 Å². The largest absolute Gasteiger partial charge is 0.394 e. The summed E-state index contributed by atoms with van der Waals surface area (Å²) in [5.74, 6) is -0.724. The molecule has 3 N–H and O–H groups in total. The number of hydrogen-bond acceptors (Lipinski definition) is 6. The summed E-state index contributed by atoms with van der Waals surface area (Å²) in [5, 5.41) is 16.3. The molecule has 1 aromatic rings. The minimum absolute atomic E-state index is 0.350. The third-order valence-corrected chi connectivity index (χ3v) is 4.25. The fraction of sp³-hybridized carbons (Fsp3) is 0.571. The maximum atomic E-state index is 12.0. The molecule has 1 aromatic heterocycles. The number of aliphatic hydroxyl groups is 1. The highest BCUT2D eigenvalue weighted by Gasteiger charge is 2.21. The van der Waals surface area contributed by atoms with E-state index in [1.807, 2.05) is 0 Å².